The smallest absolute Gasteiger partial charge is 0.129 e. The van der Waals surface area contributed by atoms with Crippen LogP contribution in [0.15, 0.2) is 12.1 Å². The highest BCUT2D eigenvalue weighted by Crippen LogP contribution is 2.22. The third-order valence-electron chi connectivity index (χ3n) is 3.33. The molecule has 1 saturated heterocycles. The maximum absolute atomic E-state index is 5.77. The van der Waals surface area contributed by atoms with Crippen molar-refractivity contribution >= 4 is 11.5 Å². The molecule has 0 radical (unpaired) electrons. The molecule has 1 aliphatic heterocycles. The van der Waals surface area contributed by atoms with Crippen LogP contribution < -0.4 is 10.6 Å². The lowest BCUT2D eigenvalue weighted by Crippen LogP contribution is -2.31. The summed E-state index contributed by atoms with van der Waals surface area (Å²) >= 11 is 0. The minimum absolute atomic E-state index is 0.639. The van der Waals surface area contributed by atoms with Gasteiger partial charge < -0.3 is 15.5 Å². The van der Waals surface area contributed by atoms with Gasteiger partial charge in [0.1, 0.15) is 5.82 Å². The van der Waals surface area contributed by atoms with E-state index in [0.717, 1.165) is 30.3 Å². The van der Waals surface area contributed by atoms with Crippen LogP contribution in [0.4, 0.5) is 11.5 Å². The summed E-state index contributed by atoms with van der Waals surface area (Å²) in [6.45, 7) is 4.10. The van der Waals surface area contributed by atoms with E-state index in [2.05, 4.69) is 28.9 Å². The largest absolute Gasteiger partial charge is 0.397 e. The van der Waals surface area contributed by atoms with Gasteiger partial charge in [-0.3, -0.25) is 0 Å². The van der Waals surface area contributed by atoms with Crippen molar-refractivity contribution < 1.29 is 0 Å². The Hall–Kier alpha value is -1.29. The second-order valence-electron chi connectivity index (χ2n) is 4.70. The summed E-state index contributed by atoms with van der Waals surface area (Å²) in [5, 5.41) is 0. The molecule has 0 bridgehead atoms. The number of nitrogen functional groups attached to an aromatic ring is 1. The van der Waals surface area contributed by atoms with E-state index in [1.807, 2.05) is 19.1 Å². The topological polar surface area (TPSA) is 45.4 Å². The van der Waals surface area contributed by atoms with Crippen LogP contribution in [-0.2, 0) is 0 Å². The number of hydrogen-bond donors (Lipinski definition) is 1. The second kappa shape index (κ2) is 4.29. The van der Waals surface area contributed by atoms with Gasteiger partial charge in [0.05, 0.1) is 11.4 Å². The Morgan fingerprint density at radius 3 is 2.75 bits per heavy atom. The third-order valence-corrected chi connectivity index (χ3v) is 3.33. The summed E-state index contributed by atoms with van der Waals surface area (Å²) in [4.78, 5) is 9.14. The number of anilines is 2. The van der Waals surface area contributed by atoms with Gasteiger partial charge in [0, 0.05) is 19.1 Å². The molecule has 4 heteroatoms. The number of pyridine rings is 1. The number of nitrogens with two attached hydrogens (primary N) is 1. The quantitative estimate of drug-likeness (QED) is 0.811. The fourth-order valence-corrected chi connectivity index (χ4v) is 2.11. The van der Waals surface area contributed by atoms with Gasteiger partial charge in [0.2, 0.25) is 0 Å². The van der Waals surface area contributed by atoms with Crippen molar-refractivity contribution in [2.24, 2.45) is 0 Å². The van der Waals surface area contributed by atoms with E-state index in [4.69, 9.17) is 5.73 Å². The Kier molecular flexibility index (Phi) is 3.01. The van der Waals surface area contributed by atoms with Gasteiger partial charge in [-0.1, -0.05) is 0 Å². The molecule has 1 aromatic heterocycles. The molecule has 1 aromatic rings. The van der Waals surface area contributed by atoms with Crippen LogP contribution in [0, 0.1) is 6.92 Å². The molecular formula is C12H20N4. The average molecular weight is 220 g/mol. The molecule has 2 N–H and O–H groups in total. The fourth-order valence-electron chi connectivity index (χ4n) is 2.11. The zero-order valence-electron chi connectivity index (χ0n) is 10.3. The van der Waals surface area contributed by atoms with E-state index in [1.54, 1.807) is 0 Å². The maximum atomic E-state index is 5.77. The first kappa shape index (κ1) is 11.2. The number of nitrogens with zero attached hydrogens (tertiary/aromatic N) is 3. The molecule has 2 rings (SSSR count). The first-order chi connectivity index (χ1) is 7.58. The van der Waals surface area contributed by atoms with E-state index in [-0.39, 0.29) is 0 Å². The van der Waals surface area contributed by atoms with Gasteiger partial charge in [0.25, 0.3) is 0 Å². The molecule has 0 unspecified atom stereocenters. The van der Waals surface area contributed by atoms with Crippen LogP contribution in [0.2, 0.25) is 0 Å². The Labute approximate surface area is 97.1 Å². The van der Waals surface area contributed by atoms with Gasteiger partial charge in [-0.25, -0.2) is 4.98 Å². The van der Waals surface area contributed by atoms with Crippen LogP contribution in [0.1, 0.15) is 12.1 Å². The molecule has 0 amide bonds. The zero-order chi connectivity index (χ0) is 11.7. The molecule has 4 nitrogen and oxygen atoms in total. The summed E-state index contributed by atoms with van der Waals surface area (Å²) in [6.07, 6.45) is 1.21. The normalized spacial score (nSPS) is 20.8. The fraction of sp³-hybridized carbons (Fsp3) is 0.583. The lowest BCUT2D eigenvalue weighted by Gasteiger charge is -2.21. The molecule has 16 heavy (non-hydrogen) atoms. The van der Waals surface area contributed by atoms with E-state index >= 15 is 0 Å². The molecule has 2 heterocycles. The highest BCUT2D eigenvalue weighted by Gasteiger charge is 2.24. The molecule has 1 atom stereocenters. The van der Waals surface area contributed by atoms with Gasteiger partial charge in [0.15, 0.2) is 0 Å². The van der Waals surface area contributed by atoms with Gasteiger partial charge in [-0.15, -0.1) is 0 Å². The van der Waals surface area contributed by atoms with Crippen molar-refractivity contribution in [2.45, 2.75) is 19.4 Å². The monoisotopic (exact) mass is 220 g/mol. The molecule has 1 fully saturated rings. The number of likely N-dealkylation sites (N-methyl/N-ethyl adjacent to an activating group) is 1. The summed E-state index contributed by atoms with van der Waals surface area (Å²) in [5.74, 6) is 1.05. The average Bonchev–Trinajstić information content (AvgIpc) is 2.71. The molecule has 0 aliphatic carbocycles. The van der Waals surface area contributed by atoms with E-state index < -0.39 is 0 Å². The Morgan fingerprint density at radius 1 is 1.44 bits per heavy atom. The molecule has 88 valence electrons. The van der Waals surface area contributed by atoms with Gasteiger partial charge >= 0.3 is 0 Å². The SMILES string of the molecule is Cc1nc(N2CC[C@@H](N(C)C)C2)ccc1N. The van der Waals surface area contributed by atoms with Crippen LogP contribution in [0.25, 0.3) is 0 Å². The highest BCUT2D eigenvalue weighted by molar-refractivity contribution is 5.51. The summed E-state index contributed by atoms with van der Waals surface area (Å²) in [6, 6.07) is 4.60. The summed E-state index contributed by atoms with van der Waals surface area (Å²) in [5.41, 5.74) is 7.47. The van der Waals surface area contributed by atoms with E-state index in [0.29, 0.717) is 6.04 Å². The van der Waals surface area contributed by atoms with Crippen molar-refractivity contribution in [2.75, 3.05) is 37.8 Å². The van der Waals surface area contributed by atoms with Gasteiger partial charge in [-0.2, -0.15) is 0 Å². The molecule has 0 saturated carbocycles. The number of hydrogen-bond acceptors (Lipinski definition) is 4. The lowest BCUT2D eigenvalue weighted by molar-refractivity contribution is 0.315. The Balaban J connectivity index is 2.11. The second-order valence-corrected chi connectivity index (χ2v) is 4.70. The predicted molar refractivity (Wildman–Crippen MR) is 67.7 cm³/mol. The van der Waals surface area contributed by atoms with Crippen molar-refractivity contribution in [1.29, 1.82) is 0 Å². The Bertz CT molecular complexity index is 375. The van der Waals surface area contributed by atoms with Crippen molar-refractivity contribution in [3.8, 4) is 0 Å². The van der Waals surface area contributed by atoms with Crippen LogP contribution in [-0.4, -0.2) is 43.1 Å². The third kappa shape index (κ3) is 2.11. The lowest BCUT2D eigenvalue weighted by atomic mass is 10.2. The molecule has 0 aromatic carbocycles. The number of rotatable bonds is 2. The number of aryl methyl sites for hydroxylation is 1. The van der Waals surface area contributed by atoms with E-state index in [9.17, 15) is 0 Å². The van der Waals surface area contributed by atoms with Crippen molar-refractivity contribution in [1.82, 2.24) is 9.88 Å². The first-order valence-corrected chi connectivity index (χ1v) is 5.72. The summed E-state index contributed by atoms with van der Waals surface area (Å²) in [7, 11) is 4.27. The van der Waals surface area contributed by atoms with Crippen molar-refractivity contribution in [3.05, 3.63) is 17.8 Å². The van der Waals surface area contributed by atoms with Crippen LogP contribution in [0.5, 0.6) is 0 Å². The minimum atomic E-state index is 0.639. The van der Waals surface area contributed by atoms with Crippen molar-refractivity contribution in [3.63, 3.8) is 0 Å². The van der Waals surface area contributed by atoms with Crippen LogP contribution in [0.3, 0.4) is 0 Å². The predicted octanol–water partition coefficient (Wildman–Crippen LogP) is 1.11. The van der Waals surface area contributed by atoms with E-state index in [1.165, 1.54) is 6.42 Å². The maximum Gasteiger partial charge on any atom is 0.129 e. The Morgan fingerprint density at radius 2 is 2.19 bits per heavy atom. The standard InChI is InChI=1S/C12H20N4/c1-9-11(13)4-5-12(14-9)16-7-6-10(8-16)15(2)3/h4-5,10H,6-8,13H2,1-3H3/t10-/m1/s1. The minimum Gasteiger partial charge on any atom is -0.397 e. The first-order valence-electron chi connectivity index (χ1n) is 5.72. The zero-order valence-corrected chi connectivity index (χ0v) is 10.3. The number of aromatic nitrogens is 1. The van der Waals surface area contributed by atoms with Crippen LogP contribution >= 0.6 is 0 Å². The molecule has 0 spiro atoms. The molecular weight excluding hydrogens is 200 g/mol. The highest BCUT2D eigenvalue weighted by atomic mass is 15.3. The van der Waals surface area contributed by atoms with Gasteiger partial charge in [-0.05, 0) is 39.6 Å². The summed E-state index contributed by atoms with van der Waals surface area (Å²) < 4.78 is 0. The molecule has 1 aliphatic rings.